The number of rotatable bonds is 4. The molecular formula is C22H25N3O5S2. The Morgan fingerprint density at radius 3 is 2.53 bits per heavy atom. The molecule has 32 heavy (non-hydrogen) atoms. The minimum absolute atomic E-state index is 0.121. The number of sulfonamides is 1. The Hall–Kier alpha value is -2.72. The minimum Gasteiger partial charge on any atom is -0.355 e. The van der Waals surface area contributed by atoms with Gasteiger partial charge in [0, 0.05) is 24.9 Å². The van der Waals surface area contributed by atoms with Crippen LogP contribution in [0.15, 0.2) is 62.7 Å². The van der Waals surface area contributed by atoms with E-state index in [9.17, 15) is 21.6 Å². The van der Waals surface area contributed by atoms with Gasteiger partial charge in [-0.1, -0.05) is 24.3 Å². The van der Waals surface area contributed by atoms with Crippen LogP contribution < -0.4 is 5.32 Å². The van der Waals surface area contributed by atoms with Crippen LogP contribution in [0.3, 0.4) is 0 Å². The van der Waals surface area contributed by atoms with Gasteiger partial charge in [-0.25, -0.2) is 8.42 Å². The summed E-state index contributed by atoms with van der Waals surface area (Å²) in [5, 5.41) is 3.00. The number of carbonyl (C=O) groups is 1. The van der Waals surface area contributed by atoms with Crippen molar-refractivity contribution in [3.63, 3.8) is 0 Å². The second kappa shape index (κ2) is 8.32. The number of hydrogen-bond donors (Lipinski definition) is 1. The monoisotopic (exact) mass is 475 g/mol. The number of likely N-dealkylation sites (tertiary alicyclic amines) is 1. The summed E-state index contributed by atoms with van der Waals surface area (Å²) in [4.78, 5) is 15.3. The summed E-state index contributed by atoms with van der Waals surface area (Å²) in [5.41, 5.74) is 1.38. The number of hydrogen-bond acceptors (Lipinski definition) is 6. The average molecular weight is 476 g/mol. The van der Waals surface area contributed by atoms with E-state index in [1.807, 2.05) is 11.8 Å². The molecule has 2 aromatic rings. The number of carbonyl (C=O) groups excluding carboxylic acids is 1. The standard InChI is InChI=1S/C22H25N3O5S2/c1-15(16-9-11-18(12-10-16)31(2,27)28)23-22(26)17-6-5-13-25(14-17)21-19-7-3-4-8-20(19)32(29,30)24-21/h3-4,7-12,15,17H,5-6,13-14H2,1-2H3,(H,23,26). The highest BCUT2D eigenvalue weighted by atomic mass is 32.2. The number of piperidine rings is 1. The lowest BCUT2D eigenvalue weighted by Gasteiger charge is -2.34. The molecule has 2 unspecified atom stereocenters. The summed E-state index contributed by atoms with van der Waals surface area (Å²) in [6, 6.07) is 12.9. The molecule has 2 aliphatic heterocycles. The molecule has 0 radical (unpaired) electrons. The fraction of sp³-hybridized carbons (Fsp3) is 0.364. The highest BCUT2D eigenvalue weighted by Crippen LogP contribution is 2.30. The van der Waals surface area contributed by atoms with E-state index in [1.54, 1.807) is 36.4 Å². The third kappa shape index (κ3) is 4.42. The van der Waals surface area contributed by atoms with Crippen molar-refractivity contribution in [1.82, 2.24) is 10.2 Å². The van der Waals surface area contributed by atoms with Crippen molar-refractivity contribution in [2.45, 2.75) is 35.6 Å². The van der Waals surface area contributed by atoms with Gasteiger partial charge in [0.2, 0.25) is 5.91 Å². The van der Waals surface area contributed by atoms with Crippen molar-refractivity contribution in [3.8, 4) is 0 Å². The molecule has 170 valence electrons. The van der Waals surface area contributed by atoms with Gasteiger partial charge < -0.3 is 10.2 Å². The number of amidine groups is 1. The second-order valence-corrected chi connectivity index (χ2v) is 11.8. The van der Waals surface area contributed by atoms with E-state index in [0.29, 0.717) is 30.9 Å². The normalized spacial score (nSPS) is 20.9. The van der Waals surface area contributed by atoms with Crippen LogP contribution in [0.2, 0.25) is 0 Å². The molecule has 2 aromatic carbocycles. The lowest BCUT2D eigenvalue weighted by molar-refractivity contribution is -0.126. The SMILES string of the molecule is CC(NC(=O)C1CCCN(C2=NS(=O)(=O)c3ccccc32)C1)c1ccc(S(C)(=O)=O)cc1. The van der Waals surface area contributed by atoms with Gasteiger partial charge in [-0.2, -0.15) is 8.42 Å². The molecule has 8 nitrogen and oxygen atoms in total. The van der Waals surface area contributed by atoms with E-state index in [1.165, 1.54) is 12.1 Å². The summed E-state index contributed by atoms with van der Waals surface area (Å²) >= 11 is 0. The predicted molar refractivity (Wildman–Crippen MR) is 121 cm³/mol. The minimum atomic E-state index is -3.71. The molecule has 1 fully saturated rings. The van der Waals surface area contributed by atoms with Crippen LogP contribution in [0.25, 0.3) is 0 Å². The molecular weight excluding hydrogens is 450 g/mol. The number of nitrogens with one attached hydrogen (secondary N) is 1. The maximum absolute atomic E-state index is 12.9. The van der Waals surface area contributed by atoms with Crippen LogP contribution in [0.5, 0.6) is 0 Å². The first-order chi connectivity index (χ1) is 15.1. The fourth-order valence-electron chi connectivity index (χ4n) is 4.12. The van der Waals surface area contributed by atoms with E-state index in [-0.39, 0.29) is 27.7 Å². The lowest BCUT2D eigenvalue weighted by Crippen LogP contribution is -2.45. The zero-order chi connectivity index (χ0) is 23.1. The molecule has 4 rings (SSSR count). The van der Waals surface area contributed by atoms with Crippen LogP contribution in [-0.4, -0.2) is 52.8 Å². The van der Waals surface area contributed by atoms with Gasteiger partial charge in [-0.15, -0.1) is 4.40 Å². The Morgan fingerprint density at radius 1 is 1.16 bits per heavy atom. The highest BCUT2D eigenvalue weighted by molar-refractivity contribution is 7.91. The molecule has 0 spiro atoms. The van der Waals surface area contributed by atoms with Gasteiger partial charge in [0.05, 0.1) is 16.9 Å². The van der Waals surface area contributed by atoms with E-state index in [2.05, 4.69) is 9.71 Å². The molecule has 0 aromatic heterocycles. The first-order valence-corrected chi connectivity index (χ1v) is 13.7. The number of amides is 1. The summed E-state index contributed by atoms with van der Waals surface area (Å²) in [7, 11) is -6.98. The predicted octanol–water partition coefficient (Wildman–Crippen LogP) is 2.13. The summed E-state index contributed by atoms with van der Waals surface area (Å²) < 4.78 is 52.0. The zero-order valence-corrected chi connectivity index (χ0v) is 19.5. The fourth-order valence-corrected chi connectivity index (χ4v) is 5.98. The van der Waals surface area contributed by atoms with E-state index < -0.39 is 19.9 Å². The maximum Gasteiger partial charge on any atom is 0.285 e. The largest absolute Gasteiger partial charge is 0.355 e. The van der Waals surface area contributed by atoms with Crippen LogP contribution in [0, 0.1) is 5.92 Å². The Bertz CT molecular complexity index is 1290. The average Bonchev–Trinajstić information content (AvgIpc) is 3.04. The second-order valence-electron chi connectivity index (χ2n) is 8.24. The summed E-state index contributed by atoms with van der Waals surface area (Å²) in [6.07, 6.45) is 2.60. The van der Waals surface area contributed by atoms with Gasteiger partial charge >= 0.3 is 0 Å². The van der Waals surface area contributed by atoms with Gasteiger partial charge in [0.1, 0.15) is 4.90 Å². The van der Waals surface area contributed by atoms with Crippen molar-refractivity contribution >= 4 is 31.6 Å². The van der Waals surface area contributed by atoms with Crippen molar-refractivity contribution in [1.29, 1.82) is 0 Å². The van der Waals surface area contributed by atoms with E-state index in [4.69, 9.17) is 0 Å². The third-order valence-electron chi connectivity index (χ3n) is 5.87. The van der Waals surface area contributed by atoms with Crippen molar-refractivity contribution in [2.24, 2.45) is 10.3 Å². The molecule has 2 atom stereocenters. The van der Waals surface area contributed by atoms with E-state index >= 15 is 0 Å². The number of benzene rings is 2. The van der Waals surface area contributed by atoms with Gasteiger partial charge in [0.15, 0.2) is 15.7 Å². The maximum atomic E-state index is 12.9. The summed E-state index contributed by atoms with van der Waals surface area (Å²) in [6.45, 7) is 2.86. The molecule has 1 N–H and O–H groups in total. The molecule has 2 heterocycles. The molecule has 1 saturated heterocycles. The molecule has 0 aliphatic carbocycles. The number of fused-ring (bicyclic) bond motifs is 1. The van der Waals surface area contributed by atoms with E-state index in [0.717, 1.165) is 18.2 Å². The molecule has 10 heteroatoms. The van der Waals surface area contributed by atoms with Crippen LogP contribution in [0.1, 0.15) is 36.9 Å². The van der Waals surface area contributed by atoms with Gasteiger partial charge in [-0.05, 0) is 49.6 Å². The van der Waals surface area contributed by atoms with Gasteiger partial charge in [-0.3, -0.25) is 4.79 Å². The first-order valence-electron chi connectivity index (χ1n) is 10.4. The highest BCUT2D eigenvalue weighted by Gasteiger charge is 2.35. The molecule has 2 aliphatic rings. The topological polar surface area (TPSA) is 113 Å². The van der Waals surface area contributed by atoms with Crippen molar-refractivity contribution in [3.05, 3.63) is 59.7 Å². The summed E-state index contributed by atoms with van der Waals surface area (Å²) in [5.74, 6) is -0.0219. The Labute approximate surface area is 188 Å². The lowest BCUT2D eigenvalue weighted by atomic mass is 9.95. The zero-order valence-electron chi connectivity index (χ0n) is 17.9. The molecule has 0 bridgehead atoms. The quantitative estimate of drug-likeness (QED) is 0.725. The molecule has 1 amide bonds. The van der Waals surface area contributed by atoms with Crippen LogP contribution >= 0.6 is 0 Å². The Morgan fingerprint density at radius 2 is 1.84 bits per heavy atom. The number of sulfone groups is 1. The van der Waals surface area contributed by atoms with Crippen molar-refractivity contribution in [2.75, 3.05) is 19.3 Å². The smallest absolute Gasteiger partial charge is 0.285 e. The van der Waals surface area contributed by atoms with Gasteiger partial charge in [0.25, 0.3) is 10.0 Å². The van der Waals surface area contributed by atoms with Crippen LogP contribution in [0.4, 0.5) is 0 Å². The number of nitrogens with zero attached hydrogens (tertiary/aromatic N) is 2. The van der Waals surface area contributed by atoms with Crippen molar-refractivity contribution < 1.29 is 21.6 Å². The first kappa shape index (κ1) is 22.5. The van der Waals surface area contributed by atoms with Crippen LogP contribution in [-0.2, 0) is 24.7 Å². The Balaban J connectivity index is 1.45. The molecule has 0 saturated carbocycles. The Kier molecular flexibility index (Phi) is 5.85. The third-order valence-corrected chi connectivity index (χ3v) is 8.32.